The molecule has 0 saturated heterocycles. The SMILES string of the molecule is CC(=O)c1c[nH]c(-c2ccncc2)c1C. The van der Waals surface area contributed by atoms with Gasteiger partial charge in [-0.2, -0.15) is 0 Å². The molecule has 0 atom stereocenters. The average Bonchev–Trinajstić information content (AvgIpc) is 2.61. The molecule has 0 radical (unpaired) electrons. The minimum absolute atomic E-state index is 0.0871. The van der Waals surface area contributed by atoms with Gasteiger partial charge in [0.15, 0.2) is 5.78 Å². The fourth-order valence-corrected chi connectivity index (χ4v) is 1.68. The maximum absolute atomic E-state index is 11.3. The quantitative estimate of drug-likeness (QED) is 0.757. The Hall–Kier alpha value is -1.90. The van der Waals surface area contributed by atoms with Crippen LogP contribution in [0.25, 0.3) is 11.3 Å². The Balaban J connectivity index is 2.52. The highest BCUT2D eigenvalue weighted by atomic mass is 16.1. The number of carbonyl (C=O) groups is 1. The van der Waals surface area contributed by atoms with E-state index in [4.69, 9.17) is 0 Å². The molecule has 0 saturated carbocycles. The lowest BCUT2D eigenvalue weighted by atomic mass is 10.1. The highest BCUT2D eigenvalue weighted by molar-refractivity contribution is 5.97. The van der Waals surface area contributed by atoms with Crippen LogP contribution in [-0.2, 0) is 0 Å². The number of pyridine rings is 1. The summed E-state index contributed by atoms with van der Waals surface area (Å²) in [5.41, 5.74) is 3.79. The van der Waals surface area contributed by atoms with Crippen molar-refractivity contribution in [1.29, 1.82) is 0 Å². The average molecular weight is 200 g/mol. The Labute approximate surface area is 88.2 Å². The van der Waals surface area contributed by atoms with Crippen molar-refractivity contribution in [2.75, 3.05) is 0 Å². The molecule has 1 N–H and O–H groups in total. The second-order valence-electron chi connectivity index (χ2n) is 3.49. The van der Waals surface area contributed by atoms with Gasteiger partial charge >= 0.3 is 0 Å². The van der Waals surface area contributed by atoms with E-state index in [0.29, 0.717) is 0 Å². The molecule has 0 bridgehead atoms. The van der Waals surface area contributed by atoms with E-state index in [1.54, 1.807) is 25.5 Å². The van der Waals surface area contributed by atoms with Crippen molar-refractivity contribution in [1.82, 2.24) is 9.97 Å². The second-order valence-corrected chi connectivity index (χ2v) is 3.49. The number of H-pyrrole nitrogens is 1. The van der Waals surface area contributed by atoms with E-state index in [9.17, 15) is 4.79 Å². The maximum Gasteiger partial charge on any atom is 0.161 e. The Morgan fingerprint density at radius 3 is 2.53 bits per heavy atom. The van der Waals surface area contributed by atoms with Crippen molar-refractivity contribution in [3.63, 3.8) is 0 Å². The van der Waals surface area contributed by atoms with Gasteiger partial charge in [-0.1, -0.05) is 0 Å². The lowest BCUT2D eigenvalue weighted by Gasteiger charge is -1.99. The molecule has 2 rings (SSSR count). The highest BCUT2D eigenvalue weighted by Gasteiger charge is 2.11. The number of carbonyl (C=O) groups excluding carboxylic acids is 1. The standard InChI is InChI=1S/C12H12N2O/c1-8-11(9(2)15)7-14-12(8)10-3-5-13-6-4-10/h3-7,14H,1-2H3. The number of hydrogen-bond acceptors (Lipinski definition) is 2. The van der Waals surface area contributed by atoms with Crippen molar-refractivity contribution in [2.24, 2.45) is 0 Å². The first-order chi connectivity index (χ1) is 7.20. The minimum Gasteiger partial charge on any atom is -0.360 e. The molecule has 0 aromatic carbocycles. The van der Waals surface area contributed by atoms with E-state index in [1.807, 2.05) is 19.1 Å². The van der Waals surface area contributed by atoms with Crippen molar-refractivity contribution in [3.8, 4) is 11.3 Å². The van der Waals surface area contributed by atoms with Crippen LogP contribution in [0.3, 0.4) is 0 Å². The van der Waals surface area contributed by atoms with Gasteiger partial charge in [-0.3, -0.25) is 9.78 Å². The molecule has 0 spiro atoms. The van der Waals surface area contributed by atoms with Crippen LogP contribution in [0.5, 0.6) is 0 Å². The first-order valence-electron chi connectivity index (χ1n) is 4.79. The van der Waals surface area contributed by atoms with Crippen molar-refractivity contribution in [3.05, 3.63) is 41.9 Å². The van der Waals surface area contributed by atoms with Gasteiger partial charge in [-0.05, 0) is 31.5 Å². The van der Waals surface area contributed by atoms with Gasteiger partial charge in [0.1, 0.15) is 0 Å². The van der Waals surface area contributed by atoms with Gasteiger partial charge in [0.2, 0.25) is 0 Å². The van der Waals surface area contributed by atoms with Crippen molar-refractivity contribution >= 4 is 5.78 Å². The predicted molar refractivity (Wildman–Crippen MR) is 58.8 cm³/mol. The lowest BCUT2D eigenvalue weighted by molar-refractivity contribution is 0.101. The summed E-state index contributed by atoms with van der Waals surface area (Å²) in [5.74, 6) is 0.0871. The fraction of sp³-hybridized carbons (Fsp3) is 0.167. The van der Waals surface area contributed by atoms with Crippen LogP contribution in [0.15, 0.2) is 30.7 Å². The molecule has 3 heteroatoms. The van der Waals surface area contributed by atoms with E-state index in [1.165, 1.54) is 0 Å². The number of Topliss-reactive ketones (excluding diaryl/α,β-unsaturated/α-hetero) is 1. The summed E-state index contributed by atoms with van der Waals surface area (Å²) in [4.78, 5) is 18.4. The minimum atomic E-state index is 0.0871. The van der Waals surface area contributed by atoms with Crippen LogP contribution < -0.4 is 0 Å². The lowest BCUT2D eigenvalue weighted by Crippen LogP contribution is -1.91. The van der Waals surface area contributed by atoms with Crippen LogP contribution in [-0.4, -0.2) is 15.8 Å². The summed E-state index contributed by atoms with van der Waals surface area (Å²) in [6.45, 7) is 3.52. The van der Waals surface area contributed by atoms with E-state index >= 15 is 0 Å². The zero-order chi connectivity index (χ0) is 10.8. The molecule has 0 fully saturated rings. The number of rotatable bonds is 2. The smallest absolute Gasteiger partial charge is 0.161 e. The number of nitrogens with zero attached hydrogens (tertiary/aromatic N) is 1. The largest absolute Gasteiger partial charge is 0.360 e. The Kier molecular flexibility index (Phi) is 2.37. The molecule has 0 aliphatic carbocycles. The molecule has 0 amide bonds. The van der Waals surface area contributed by atoms with Gasteiger partial charge < -0.3 is 4.98 Å². The summed E-state index contributed by atoms with van der Waals surface area (Å²) in [6, 6.07) is 3.84. The number of nitrogens with one attached hydrogen (secondary N) is 1. The molecule has 2 aromatic rings. The highest BCUT2D eigenvalue weighted by Crippen LogP contribution is 2.24. The van der Waals surface area contributed by atoms with Crippen LogP contribution in [0.2, 0.25) is 0 Å². The zero-order valence-electron chi connectivity index (χ0n) is 8.74. The maximum atomic E-state index is 11.3. The third-order valence-corrected chi connectivity index (χ3v) is 2.49. The normalized spacial score (nSPS) is 10.3. The van der Waals surface area contributed by atoms with Gasteiger partial charge in [0.05, 0.1) is 0 Å². The van der Waals surface area contributed by atoms with E-state index in [0.717, 1.165) is 22.4 Å². The van der Waals surface area contributed by atoms with Gasteiger partial charge in [0.25, 0.3) is 0 Å². The van der Waals surface area contributed by atoms with Crippen LogP contribution >= 0.6 is 0 Å². The van der Waals surface area contributed by atoms with E-state index in [2.05, 4.69) is 9.97 Å². The first-order valence-corrected chi connectivity index (χ1v) is 4.79. The summed E-state index contributed by atoms with van der Waals surface area (Å²) < 4.78 is 0. The van der Waals surface area contributed by atoms with Crippen LogP contribution in [0.4, 0.5) is 0 Å². The predicted octanol–water partition coefficient (Wildman–Crippen LogP) is 2.59. The summed E-state index contributed by atoms with van der Waals surface area (Å²) >= 11 is 0. The first kappa shape index (κ1) is 9.65. The third-order valence-electron chi connectivity index (χ3n) is 2.49. The Morgan fingerprint density at radius 2 is 2.00 bits per heavy atom. The zero-order valence-corrected chi connectivity index (χ0v) is 8.74. The molecular formula is C12H12N2O. The van der Waals surface area contributed by atoms with Crippen LogP contribution in [0.1, 0.15) is 22.8 Å². The summed E-state index contributed by atoms with van der Waals surface area (Å²) in [6.07, 6.45) is 5.24. The van der Waals surface area contributed by atoms with Gasteiger partial charge in [-0.15, -0.1) is 0 Å². The van der Waals surface area contributed by atoms with Crippen LogP contribution in [0, 0.1) is 6.92 Å². The monoisotopic (exact) mass is 200 g/mol. The van der Waals surface area contributed by atoms with E-state index in [-0.39, 0.29) is 5.78 Å². The number of hydrogen-bond donors (Lipinski definition) is 1. The Bertz CT molecular complexity index is 486. The summed E-state index contributed by atoms with van der Waals surface area (Å²) in [5, 5.41) is 0. The molecule has 0 unspecified atom stereocenters. The van der Waals surface area contributed by atoms with Crippen molar-refractivity contribution < 1.29 is 4.79 Å². The van der Waals surface area contributed by atoms with Crippen molar-refractivity contribution in [2.45, 2.75) is 13.8 Å². The molecule has 0 aliphatic heterocycles. The third kappa shape index (κ3) is 1.68. The molecule has 76 valence electrons. The summed E-state index contributed by atoms with van der Waals surface area (Å²) in [7, 11) is 0. The molecule has 0 aliphatic rings. The second kappa shape index (κ2) is 3.69. The fourth-order valence-electron chi connectivity index (χ4n) is 1.68. The number of ketones is 1. The molecule has 3 nitrogen and oxygen atoms in total. The molecule has 15 heavy (non-hydrogen) atoms. The number of aromatic amines is 1. The number of aromatic nitrogens is 2. The topological polar surface area (TPSA) is 45.8 Å². The molecule has 2 aromatic heterocycles. The van der Waals surface area contributed by atoms with Gasteiger partial charge in [-0.25, -0.2) is 0 Å². The van der Waals surface area contributed by atoms with E-state index < -0.39 is 0 Å². The van der Waals surface area contributed by atoms with Gasteiger partial charge in [0, 0.05) is 35.4 Å². The Morgan fingerprint density at radius 1 is 1.33 bits per heavy atom. The molecule has 2 heterocycles. The molecular weight excluding hydrogens is 188 g/mol.